The summed E-state index contributed by atoms with van der Waals surface area (Å²) in [5.74, 6) is 1.81. The zero-order valence-corrected chi connectivity index (χ0v) is 15.6. The van der Waals surface area contributed by atoms with Crippen molar-refractivity contribution in [1.29, 1.82) is 0 Å². The van der Waals surface area contributed by atoms with Crippen LogP contribution in [-0.2, 0) is 11.2 Å². The molecule has 0 saturated carbocycles. The molecule has 0 fully saturated rings. The SMILES string of the molecule is CCOC(C)(C)C/C=C/C(C)=C/COc1ccc2c(c1)OC(C)C2. The van der Waals surface area contributed by atoms with E-state index in [1.54, 1.807) is 0 Å². The van der Waals surface area contributed by atoms with E-state index in [-0.39, 0.29) is 11.7 Å². The third-order valence-corrected chi connectivity index (χ3v) is 4.05. The predicted molar refractivity (Wildman–Crippen MR) is 99.0 cm³/mol. The van der Waals surface area contributed by atoms with E-state index in [9.17, 15) is 0 Å². The molecule has 0 bridgehead atoms. The number of hydrogen-bond acceptors (Lipinski definition) is 3. The lowest BCUT2D eigenvalue weighted by molar-refractivity contribution is -0.00732. The molecule has 2 rings (SSSR count). The minimum absolute atomic E-state index is 0.108. The smallest absolute Gasteiger partial charge is 0.126 e. The van der Waals surface area contributed by atoms with Crippen LogP contribution in [0.5, 0.6) is 11.5 Å². The van der Waals surface area contributed by atoms with Gasteiger partial charge in [0, 0.05) is 19.1 Å². The molecule has 24 heavy (non-hydrogen) atoms. The maximum Gasteiger partial charge on any atom is 0.126 e. The molecule has 0 spiro atoms. The van der Waals surface area contributed by atoms with Crippen molar-refractivity contribution >= 4 is 0 Å². The van der Waals surface area contributed by atoms with Gasteiger partial charge in [-0.05, 0) is 58.7 Å². The number of fused-ring (bicyclic) bond motifs is 1. The highest BCUT2D eigenvalue weighted by Gasteiger charge is 2.19. The standard InChI is InChI=1S/C21H30O3/c1-6-23-21(4,5)12-7-8-16(2)11-13-22-19-10-9-18-14-17(3)24-20(18)15-19/h7-11,15,17H,6,12-14H2,1-5H3/b8-7+,16-11+. The van der Waals surface area contributed by atoms with Crippen LogP contribution in [0.4, 0.5) is 0 Å². The zero-order valence-electron chi connectivity index (χ0n) is 15.6. The molecule has 0 radical (unpaired) electrons. The van der Waals surface area contributed by atoms with Crippen LogP contribution < -0.4 is 9.47 Å². The van der Waals surface area contributed by atoms with Gasteiger partial charge in [0.15, 0.2) is 0 Å². The van der Waals surface area contributed by atoms with Crippen LogP contribution in [0, 0.1) is 0 Å². The summed E-state index contributed by atoms with van der Waals surface area (Å²) in [6.07, 6.45) is 8.51. The van der Waals surface area contributed by atoms with Gasteiger partial charge in [-0.2, -0.15) is 0 Å². The molecule has 0 N–H and O–H groups in total. The number of ether oxygens (including phenoxy) is 3. The summed E-state index contributed by atoms with van der Waals surface area (Å²) >= 11 is 0. The highest BCUT2D eigenvalue weighted by molar-refractivity contribution is 5.43. The molecule has 3 nitrogen and oxygen atoms in total. The van der Waals surface area contributed by atoms with E-state index in [1.165, 1.54) is 11.1 Å². The zero-order chi connectivity index (χ0) is 17.6. The molecule has 1 atom stereocenters. The highest BCUT2D eigenvalue weighted by atomic mass is 16.5. The minimum Gasteiger partial charge on any atom is -0.490 e. The van der Waals surface area contributed by atoms with E-state index in [1.807, 2.05) is 19.1 Å². The van der Waals surface area contributed by atoms with Crippen LogP contribution in [-0.4, -0.2) is 24.9 Å². The quantitative estimate of drug-likeness (QED) is 0.621. The van der Waals surface area contributed by atoms with Gasteiger partial charge in [0.25, 0.3) is 0 Å². The summed E-state index contributed by atoms with van der Waals surface area (Å²) in [6, 6.07) is 6.10. The Morgan fingerprint density at radius 3 is 2.92 bits per heavy atom. The van der Waals surface area contributed by atoms with Gasteiger partial charge in [0.2, 0.25) is 0 Å². The third-order valence-electron chi connectivity index (χ3n) is 4.05. The van der Waals surface area contributed by atoms with E-state index in [0.29, 0.717) is 6.61 Å². The van der Waals surface area contributed by atoms with Crippen LogP contribution in [0.1, 0.15) is 46.6 Å². The van der Waals surface area contributed by atoms with Crippen LogP contribution in [0.2, 0.25) is 0 Å². The molecular weight excluding hydrogens is 300 g/mol. The lowest BCUT2D eigenvalue weighted by atomic mass is 10.0. The monoisotopic (exact) mass is 330 g/mol. The Morgan fingerprint density at radius 2 is 2.17 bits per heavy atom. The average Bonchev–Trinajstić information content (AvgIpc) is 2.86. The fraction of sp³-hybridized carbons (Fsp3) is 0.524. The summed E-state index contributed by atoms with van der Waals surface area (Å²) < 4.78 is 17.3. The average molecular weight is 330 g/mol. The van der Waals surface area contributed by atoms with Crippen molar-refractivity contribution in [1.82, 2.24) is 0 Å². The third kappa shape index (κ3) is 5.72. The first-order valence-electron chi connectivity index (χ1n) is 8.79. The van der Waals surface area contributed by atoms with Gasteiger partial charge in [0.05, 0.1) is 5.60 Å². The van der Waals surface area contributed by atoms with Gasteiger partial charge in [-0.3, -0.25) is 0 Å². The van der Waals surface area contributed by atoms with Crippen LogP contribution in [0.3, 0.4) is 0 Å². The first-order valence-corrected chi connectivity index (χ1v) is 8.79. The van der Waals surface area contributed by atoms with Crippen LogP contribution in [0.15, 0.2) is 42.0 Å². The second-order valence-corrected chi connectivity index (χ2v) is 6.96. The summed E-state index contributed by atoms with van der Waals surface area (Å²) in [5.41, 5.74) is 2.35. The number of hydrogen-bond donors (Lipinski definition) is 0. The van der Waals surface area contributed by atoms with E-state index in [4.69, 9.17) is 14.2 Å². The molecule has 1 aromatic rings. The van der Waals surface area contributed by atoms with Gasteiger partial charge < -0.3 is 14.2 Å². The fourth-order valence-electron chi connectivity index (χ4n) is 2.79. The molecule has 1 unspecified atom stereocenters. The maximum atomic E-state index is 5.81. The van der Waals surface area contributed by atoms with Crippen molar-refractivity contribution in [2.45, 2.75) is 59.2 Å². The van der Waals surface area contributed by atoms with Crippen molar-refractivity contribution in [3.05, 3.63) is 47.6 Å². The van der Waals surface area contributed by atoms with Gasteiger partial charge >= 0.3 is 0 Å². The predicted octanol–water partition coefficient (Wildman–Crippen LogP) is 5.10. The summed E-state index contributed by atoms with van der Waals surface area (Å²) in [7, 11) is 0. The van der Waals surface area contributed by atoms with Gasteiger partial charge in [0.1, 0.15) is 24.2 Å². The molecular formula is C21H30O3. The molecule has 1 aliphatic heterocycles. The summed E-state index contributed by atoms with van der Waals surface area (Å²) in [5, 5.41) is 0. The van der Waals surface area contributed by atoms with Crippen molar-refractivity contribution in [2.75, 3.05) is 13.2 Å². The van der Waals surface area contributed by atoms with E-state index >= 15 is 0 Å². The topological polar surface area (TPSA) is 27.7 Å². The normalized spacial score (nSPS) is 17.9. The first kappa shape index (κ1) is 18.6. The van der Waals surface area contributed by atoms with E-state index in [2.05, 4.69) is 52.0 Å². The largest absolute Gasteiger partial charge is 0.490 e. The van der Waals surface area contributed by atoms with Crippen molar-refractivity contribution < 1.29 is 14.2 Å². The second kappa shape index (κ2) is 8.39. The Hall–Kier alpha value is -1.74. The number of benzene rings is 1. The Bertz CT molecular complexity index is 599. The molecule has 3 heteroatoms. The molecule has 0 aromatic heterocycles. The van der Waals surface area contributed by atoms with E-state index in [0.717, 1.165) is 30.9 Å². The Labute approximate surface area is 146 Å². The molecule has 0 saturated heterocycles. The molecule has 1 aromatic carbocycles. The van der Waals surface area contributed by atoms with Gasteiger partial charge in [-0.1, -0.05) is 23.8 Å². The molecule has 0 amide bonds. The Morgan fingerprint density at radius 1 is 1.38 bits per heavy atom. The van der Waals surface area contributed by atoms with Gasteiger partial charge in [-0.15, -0.1) is 0 Å². The summed E-state index contributed by atoms with van der Waals surface area (Å²) in [4.78, 5) is 0. The highest BCUT2D eigenvalue weighted by Crippen LogP contribution is 2.32. The number of rotatable bonds is 8. The van der Waals surface area contributed by atoms with Crippen LogP contribution >= 0.6 is 0 Å². The minimum atomic E-state index is -0.108. The number of allylic oxidation sites excluding steroid dienone is 2. The maximum absolute atomic E-state index is 5.81. The van der Waals surface area contributed by atoms with Crippen molar-refractivity contribution in [3.8, 4) is 11.5 Å². The molecule has 1 heterocycles. The second-order valence-electron chi connectivity index (χ2n) is 6.96. The van der Waals surface area contributed by atoms with E-state index < -0.39 is 0 Å². The van der Waals surface area contributed by atoms with Crippen molar-refractivity contribution in [2.24, 2.45) is 0 Å². The molecule has 1 aliphatic rings. The molecule has 132 valence electrons. The van der Waals surface area contributed by atoms with Crippen LogP contribution in [0.25, 0.3) is 0 Å². The van der Waals surface area contributed by atoms with Crippen molar-refractivity contribution in [3.63, 3.8) is 0 Å². The Kier molecular flexibility index (Phi) is 6.50. The lowest BCUT2D eigenvalue weighted by Crippen LogP contribution is -2.23. The summed E-state index contributed by atoms with van der Waals surface area (Å²) in [6.45, 7) is 11.7. The molecule has 0 aliphatic carbocycles. The fourth-order valence-corrected chi connectivity index (χ4v) is 2.79. The van der Waals surface area contributed by atoms with Gasteiger partial charge in [-0.25, -0.2) is 0 Å². The first-order chi connectivity index (χ1) is 11.4. The lowest BCUT2D eigenvalue weighted by Gasteiger charge is -2.22. The Balaban J connectivity index is 1.80.